The summed E-state index contributed by atoms with van der Waals surface area (Å²) in [6, 6.07) is 6.98. The monoisotopic (exact) mass is 378 g/mol. The molecule has 0 aliphatic carbocycles. The molecular formula is C14H19IO2S. The summed E-state index contributed by atoms with van der Waals surface area (Å²) in [5.41, 5.74) is 1.07. The van der Waals surface area contributed by atoms with E-state index in [2.05, 4.69) is 29.5 Å². The summed E-state index contributed by atoms with van der Waals surface area (Å²) < 4.78 is 25.1. The number of sulfone groups is 1. The Morgan fingerprint density at radius 3 is 2.39 bits per heavy atom. The van der Waals surface area contributed by atoms with Crippen molar-refractivity contribution in [1.82, 2.24) is 0 Å². The van der Waals surface area contributed by atoms with Gasteiger partial charge in [-0.3, -0.25) is 0 Å². The lowest BCUT2D eigenvalue weighted by atomic mass is 10.2. The molecule has 0 saturated heterocycles. The Balaban J connectivity index is 2.80. The third-order valence-corrected chi connectivity index (χ3v) is 5.45. The van der Waals surface area contributed by atoms with Gasteiger partial charge in [0.25, 0.3) is 0 Å². The maximum atomic E-state index is 12.1. The van der Waals surface area contributed by atoms with Crippen LogP contribution in [0.3, 0.4) is 0 Å². The van der Waals surface area contributed by atoms with E-state index in [1.807, 2.05) is 19.1 Å². The van der Waals surface area contributed by atoms with Gasteiger partial charge in [0.2, 0.25) is 9.84 Å². The van der Waals surface area contributed by atoms with E-state index in [9.17, 15) is 8.42 Å². The van der Waals surface area contributed by atoms with Gasteiger partial charge in [-0.15, -0.1) is 0 Å². The summed E-state index contributed by atoms with van der Waals surface area (Å²) >= 11 is 2.12. The van der Waals surface area contributed by atoms with Crippen LogP contribution in [0.15, 0.2) is 38.1 Å². The van der Waals surface area contributed by atoms with Crippen molar-refractivity contribution >= 4 is 32.4 Å². The standard InChI is InChI=1S/C14H19IO2S/c1-3-4-5-6-13(15)11-18(16,17)14-9-7-12(2)8-10-14/h7-11H,3-6H2,1-2H3/b13-11+. The van der Waals surface area contributed by atoms with Crippen molar-refractivity contribution in [2.24, 2.45) is 0 Å². The van der Waals surface area contributed by atoms with E-state index >= 15 is 0 Å². The molecule has 1 aromatic rings. The number of aryl methyl sites for hydroxylation is 1. The lowest BCUT2D eigenvalue weighted by molar-refractivity contribution is 0.604. The molecular weight excluding hydrogens is 359 g/mol. The topological polar surface area (TPSA) is 34.1 Å². The van der Waals surface area contributed by atoms with Crippen LogP contribution < -0.4 is 0 Å². The molecule has 1 aromatic carbocycles. The number of halogens is 1. The average Bonchev–Trinajstić information content (AvgIpc) is 2.29. The molecule has 18 heavy (non-hydrogen) atoms. The minimum Gasteiger partial charge on any atom is -0.219 e. The Hall–Kier alpha value is -0.360. The van der Waals surface area contributed by atoms with E-state index in [4.69, 9.17) is 0 Å². The first-order valence-electron chi connectivity index (χ1n) is 6.13. The lowest BCUT2D eigenvalue weighted by Crippen LogP contribution is -1.97. The van der Waals surface area contributed by atoms with Crippen molar-refractivity contribution in [3.05, 3.63) is 38.8 Å². The highest BCUT2D eigenvalue weighted by atomic mass is 127. The molecule has 100 valence electrons. The molecule has 1 rings (SSSR count). The number of rotatable bonds is 6. The van der Waals surface area contributed by atoms with Gasteiger partial charge in [-0.1, -0.05) is 37.5 Å². The molecule has 0 radical (unpaired) electrons. The summed E-state index contributed by atoms with van der Waals surface area (Å²) in [4.78, 5) is 0.373. The van der Waals surface area contributed by atoms with Gasteiger partial charge < -0.3 is 0 Å². The van der Waals surface area contributed by atoms with Crippen LogP contribution in [0, 0.1) is 6.92 Å². The zero-order valence-electron chi connectivity index (χ0n) is 10.8. The van der Waals surface area contributed by atoms with Crippen molar-refractivity contribution in [2.75, 3.05) is 0 Å². The van der Waals surface area contributed by atoms with Crippen molar-refractivity contribution in [3.63, 3.8) is 0 Å². The zero-order valence-corrected chi connectivity index (χ0v) is 13.8. The van der Waals surface area contributed by atoms with Crippen molar-refractivity contribution < 1.29 is 8.42 Å². The minimum absolute atomic E-state index is 0.373. The Morgan fingerprint density at radius 1 is 1.22 bits per heavy atom. The highest BCUT2D eigenvalue weighted by Crippen LogP contribution is 2.21. The third kappa shape index (κ3) is 5.10. The molecule has 2 nitrogen and oxygen atoms in total. The maximum absolute atomic E-state index is 12.1. The fourth-order valence-corrected chi connectivity index (χ4v) is 4.06. The van der Waals surface area contributed by atoms with Crippen molar-refractivity contribution in [1.29, 1.82) is 0 Å². The summed E-state index contributed by atoms with van der Waals surface area (Å²) in [6.07, 6.45) is 4.19. The molecule has 0 saturated carbocycles. The fraction of sp³-hybridized carbons (Fsp3) is 0.429. The molecule has 0 atom stereocenters. The number of benzene rings is 1. The third-order valence-electron chi connectivity index (χ3n) is 2.65. The average molecular weight is 378 g/mol. The molecule has 0 N–H and O–H groups in total. The van der Waals surface area contributed by atoms with Crippen molar-refractivity contribution in [3.8, 4) is 0 Å². The largest absolute Gasteiger partial charge is 0.219 e. The second-order valence-electron chi connectivity index (χ2n) is 4.38. The molecule has 0 bridgehead atoms. The number of hydrogen-bond donors (Lipinski definition) is 0. The summed E-state index contributed by atoms with van der Waals surface area (Å²) in [5.74, 6) is 0. The van der Waals surface area contributed by atoms with Crippen LogP contribution in [0.25, 0.3) is 0 Å². The number of allylic oxidation sites excluding steroid dienone is 1. The first-order chi connectivity index (χ1) is 8.45. The first kappa shape index (κ1) is 15.7. The SMILES string of the molecule is CCCCC/C(I)=C\S(=O)(=O)c1ccc(C)cc1. The van der Waals surface area contributed by atoms with Crippen LogP contribution in [0.1, 0.15) is 38.2 Å². The highest BCUT2D eigenvalue weighted by molar-refractivity contribution is 14.1. The van der Waals surface area contributed by atoms with Crippen LogP contribution in [-0.2, 0) is 9.84 Å². The van der Waals surface area contributed by atoms with E-state index in [1.165, 1.54) is 5.41 Å². The van der Waals surface area contributed by atoms with E-state index in [0.717, 1.165) is 34.8 Å². The maximum Gasteiger partial charge on any atom is 0.200 e. The van der Waals surface area contributed by atoms with E-state index in [1.54, 1.807) is 12.1 Å². The van der Waals surface area contributed by atoms with Crippen LogP contribution in [0.2, 0.25) is 0 Å². The Bertz CT molecular complexity index is 501. The molecule has 0 aromatic heterocycles. The molecule has 4 heteroatoms. The van der Waals surface area contributed by atoms with Gasteiger partial charge in [-0.2, -0.15) is 0 Å². The molecule has 0 amide bonds. The summed E-state index contributed by atoms with van der Waals surface area (Å²) in [6.45, 7) is 4.08. The molecule has 0 unspecified atom stereocenters. The zero-order chi connectivity index (χ0) is 13.6. The first-order valence-corrected chi connectivity index (χ1v) is 8.76. The van der Waals surface area contributed by atoms with Gasteiger partial charge in [-0.25, -0.2) is 8.42 Å². The number of hydrogen-bond acceptors (Lipinski definition) is 2. The molecule has 0 heterocycles. The van der Waals surface area contributed by atoms with Gasteiger partial charge in [0.1, 0.15) is 0 Å². The van der Waals surface area contributed by atoms with Gasteiger partial charge in [0.05, 0.1) is 4.90 Å². The second kappa shape index (κ2) is 7.28. The van der Waals surface area contributed by atoms with E-state index in [0.29, 0.717) is 4.90 Å². The predicted octanol–water partition coefficient (Wildman–Crippen LogP) is 4.63. The minimum atomic E-state index is -3.28. The Kier molecular flexibility index (Phi) is 6.35. The van der Waals surface area contributed by atoms with Gasteiger partial charge in [-0.05, 0) is 54.5 Å². The molecule has 0 aliphatic rings. The highest BCUT2D eigenvalue weighted by Gasteiger charge is 2.11. The molecule has 0 aliphatic heterocycles. The van der Waals surface area contributed by atoms with Crippen LogP contribution in [0.4, 0.5) is 0 Å². The summed E-state index contributed by atoms with van der Waals surface area (Å²) in [5, 5.41) is 1.40. The van der Waals surface area contributed by atoms with Crippen LogP contribution in [-0.4, -0.2) is 8.42 Å². The normalized spacial score (nSPS) is 12.7. The molecule has 0 fully saturated rings. The Morgan fingerprint density at radius 2 is 1.83 bits per heavy atom. The molecule has 0 spiro atoms. The lowest BCUT2D eigenvalue weighted by Gasteiger charge is -2.02. The number of unbranched alkanes of at least 4 members (excludes halogenated alkanes) is 2. The van der Waals surface area contributed by atoms with Gasteiger partial charge in [0, 0.05) is 8.99 Å². The fourth-order valence-electron chi connectivity index (χ4n) is 1.57. The second-order valence-corrected chi connectivity index (χ2v) is 7.56. The van der Waals surface area contributed by atoms with Crippen molar-refractivity contribution in [2.45, 2.75) is 44.4 Å². The van der Waals surface area contributed by atoms with Gasteiger partial charge in [0.15, 0.2) is 0 Å². The van der Waals surface area contributed by atoms with E-state index in [-0.39, 0.29) is 0 Å². The van der Waals surface area contributed by atoms with E-state index < -0.39 is 9.84 Å². The smallest absolute Gasteiger partial charge is 0.200 e. The van der Waals surface area contributed by atoms with Crippen LogP contribution >= 0.6 is 22.6 Å². The van der Waals surface area contributed by atoms with Gasteiger partial charge >= 0.3 is 0 Å². The quantitative estimate of drug-likeness (QED) is 0.535. The van der Waals surface area contributed by atoms with Crippen LogP contribution in [0.5, 0.6) is 0 Å². The Labute approximate surface area is 124 Å². The predicted molar refractivity (Wildman–Crippen MR) is 84.6 cm³/mol. The summed E-state index contributed by atoms with van der Waals surface area (Å²) in [7, 11) is -3.28.